The third kappa shape index (κ3) is 3.27. The molecule has 3 heteroatoms. The van der Waals surface area contributed by atoms with E-state index in [-0.39, 0.29) is 11.5 Å². The maximum absolute atomic E-state index is 13.4. The molecule has 0 saturated carbocycles. The van der Waals surface area contributed by atoms with Crippen LogP contribution in [-0.4, -0.2) is 13.6 Å². The Morgan fingerprint density at radius 3 is 2.19 bits per heavy atom. The van der Waals surface area contributed by atoms with E-state index in [1.54, 1.807) is 0 Å². The van der Waals surface area contributed by atoms with Crippen LogP contribution in [-0.2, 0) is 6.42 Å². The Balaban J connectivity index is 2.72. The van der Waals surface area contributed by atoms with Crippen LogP contribution in [0.2, 0.25) is 0 Å². The van der Waals surface area contributed by atoms with Gasteiger partial charge in [0.15, 0.2) is 0 Å². The summed E-state index contributed by atoms with van der Waals surface area (Å²) in [4.78, 5) is 0. The lowest BCUT2D eigenvalue weighted by Crippen LogP contribution is -2.23. The minimum absolute atomic E-state index is 0.206. The van der Waals surface area contributed by atoms with Crippen LogP contribution in [0.1, 0.15) is 19.4 Å². The van der Waals surface area contributed by atoms with Crippen molar-refractivity contribution in [3.63, 3.8) is 0 Å². The molecule has 0 radical (unpaired) electrons. The zero-order chi connectivity index (χ0) is 12.1. The SMILES string of the molecule is CNCC(C)C(C)Cc1c(F)cccc1F. The van der Waals surface area contributed by atoms with E-state index >= 15 is 0 Å². The van der Waals surface area contributed by atoms with Crippen molar-refractivity contribution in [2.45, 2.75) is 20.3 Å². The van der Waals surface area contributed by atoms with Gasteiger partial charge < -0.3 is 5.32 Å². The molecule has 0 amide bonds. The van der Waals surface area contributed by atoms with Gasteiger partial charge >= 0.3 is 0 Å². The minimum atomic E-state index is -0.441. The van der Waals surface area contributed by atoms with Gasteiger partial charge in [-0.2, -0.15) is 0 Å². The predicted octanol–water partition coefficient (Wildman–Crippen LogP) is 3.00. The zero-order valence-corrected chi connectivity index (χ0v) is 10.1. The van der Waals surface area contributed by atoms with Crippen molar-refractivity contribution in [1.29, 1.82) is 0 Å². The Morgan fingerprint density at radius 1 is 1.12 bits per heavy atom. The molecule has 16 heavy (non-hydrogen) atoms. The standard InChI is InChI=1S/C13H19F2N/c1-9(10(2)8-16-3)7-11-12(14)5-4-6-13(11)15/h4-6,9-10,16H,7-8H2,1-3H3. The first-order valence-corrected chi connectivity index (χ1v) is 5.63. The van der Waals surface area contributed by atoms with Crippen LogP contribution in [0, 0.1) is 23.5 Å². The molecule has 0 aromatic heterocycles. The Morgan fingerprint density at radius 2 is 1.69 bits per heavy atom. The fourth-order valence-electron chi connectivity index (χ4n) is 1.77. The summed E-state index contributed by atoms with van der Waals surface area (Å²) in [5.41, 5.74) is 0.206. The first-order valence-electron chi connectivity index (χ1n) is 5.63. The fourth-order valence-corrected chi connectivity index (χ4v) is 1.77. The second-order valence-electron chi connectivity index (χ2n) is 4.42. The van der Waals surface area contributed by atoms with Crippen LogP contribution in [0.3, 0.4) is 0 Å². The molecule has 0 fully saturated rings. The lowest BCUT2D eigenvalue weighted by Gasteiger charge is -2.20. The van der Waals surface area contributed by atoms with E-state index in [9.17, 15) is 8.78 Å². The largest absolute Gasteiger partial charge is 0.319 e. The summed E-state index contributed by atoms with van der Waals surface area (Å²) in [6.45, 7) is 4.96. The second kappa shape index (κ2) is 5.94. The molecule has 0 bridgehead atoms. The Labute approximate surface area is 95.9 Å². The van der Waals surface area contributed by atoms with E-state index in [0.29, 0.717) is 12.3 Å². The molecule has 0 aliphatic rings. The molecule has 90 valence electrons. The topological polar surface area (TPSA) is 12.0 Å². The normalized spacial score (nSPS) is 14.8. The molecule has 0 heterocycles. The number of hydrogen-bond acceptors (Lipinski definition) is 1. The molecule has 0 aliphatic carbocycles. The summed E-state index contributed by atoms with van der Waals surface area (Å²) in [5, 5.41) is 3.08. The van der Waals surface area contributed by atoms with Crippen molar-refractivity contribution in [2.24, 2.45) is 11.8 Å². The molecule has 2 atom stereocenters. The number of nitrogens with one attached hydrogen (secondary N) is 1. The van der Waals surface area contributed by atoms with Crippen LogP contribution < -0.4 is 5.32 Å². The van der Waals surface area contributed by atoms with Crippen molar-refractivity contribution >= 4 is 0 Å². The van der Waals surface area contributed by atoms with Crippen LogP contribution >= 0.6 is 0 Å². The van der Waals surface area contributed by atoms with Crippen LogP contribution in [0.25, 0.3) is 0 Å². The van der Waals surface area contributed by atoms with Crippen LogP contribution in [0.5, 0.6) is 0 Å². The molecule has 1 aromatic carbocycles. The van der Waals surface area contributed by atoms with Gasteiger partial charge in [-0.1, -0.05) is 19.9 Å². The van der Waals surface area contributed by atoms with Crippen molar-refractivity contribution < 1.29 is 8.78 Å². The molecular weight excluding hydrogens is 208 g/mol. The van der Waals surface area contributed by atoms with Gasteiger partial charge in [0.05, 0.1) is 0 Å². The van der Waals surface area contributed by atoms with Crippen molar-refractivity contribution in [3.05, 3.63) is 35.4 Å². The number of rotatable bonds is 5. The van der Waals surface area contributed by atoms with Gasteiger partial charge in [0.2, 0.25) is 0 Å². The number of halogens is 2. The molecule has 2 unspecified atom stereocenters. The third-order valence-electron chi connectivity index (χ3n) is 3.09. The summed E-state index contributed by atoms with van der Waals surface area (Å²) in [6.07, 6.45) is 0.446. The Bertz CT molecular complexity index is 318. The highest BCUT2D eigenvalue weighted by molar-refractivity contribution is 5.20. The summed E-state index contributed by atoms with van der Waals surface area (Å²) in [6, 6.07) is 4.03. The maximum Gasteiger partial charge on any atom is 0.129 e. The van der Waals surface area contributed by atoms with Gasteiger partial charge in [-0.3, -0.25) is 0 Å². The molecule has 1 rings (SSSR count). The first-order chi connectivity index (χ1) is 7.56. The van der Waals surface area contributed by atoms with E-state index < -0.39 is 11.6 Å². The summed E-state index contributed by atoms with van der Waals surface area (Å²) in [7, 11) is 1.88. The second-order valence-corrected chi connectivity index (χ2v) is 4.42. The highest BCUT2D eigenvalue weighted by Gasteiger charge is 2.16. The van der Waals surface area contributed by atoms with Gasteiger partial charge in [0.25, 0.3) is 0 Å². The van der Waals surface area contributed by atoms with Crippen LogP contribution in [0.4, 0.5) is 8.78 Å². The van der Waals surface area contributed by atoms with E-state index in [2.05, 4.69) is 12.2 Å². The average molecular weight is 227 g/mol. The van der Waals surface area contributed by atoms with Gasteiger partial charge in [-0.15, -0.1) is 0 Å². The molecule has 1 N–H and O–H groups in total. The first kappa shape index (κ1) is 13.1. The van der Waals surface area contributed by atoms with Crippen molar-refractivity contribution in [1.82, 2.24) is 5.32 Å². The van der Waals surface area contributed by atoms with Gasteiger partial charge in [0.1, 0.15) is 11.6 Å². The molecule has 0 aliphatic heterocycles. The van der Waals surface area contributed by atoms with E-state index in [1.807, 2.05) is 14.0 Å². The van der Waals surface area contributed by atoms with Crippen molar-refractivity contribution in [3.8, 4) is 0 Å². The highest BCUT2D eigenvalue weighted by Crippen LogP contribution is 2.21. The molecular formula is C13H19F2N. The molecule has 0 spiro atoms. The maximum atomic E-state index is 13.4. The fraction of sp³-hybridized carbons (Fsp3) is 0.538. The lowest BCUT2D eigenvalue weighted by atomic mass is 9.89. The van der Waals surface area contributed by atoms with Crippen molar-refractivity contribution in [2.75, 3.05) is 13.6 Å². The molecule has 0 saturated heterocycles. The van der Waals surface area contributed by atoms with Gasteiger partial charge in [-0.05, 0) is 44.0 Å². The van der Waals surface area contributed by atoms with Crippen LogP contribution in [0.15, 0.2) is 18.2 Å². The molecule has 1 nitrogen and oxygen atoms in total. The van der Waals surface area contributed by atoms with Gasteiger partial charge in [-0.25, -0.2) is 8.78 Å². The quantitative estimate of drug-likeness (QED) is 0.815. The minimum Gasteiger partial charge on any atom is -0.319 e. The summed E-state index contributed by atoms with van der Waals surface area (Å²) in [5.74, 6) is -0.241. The number of benzene rings is 1. The van der Waals surface area contributed by atoms with E-state index in [1.165, 1.54) is 18.2 Å². The average Bonchev–Trinajstić information content (AvgIpc) is 2.23. The Hall–Kier alpha value is -0.960. The van der Waals surface area contributed by atoms with E-state index in [0.717, 1.165) is 6.54 Å². The third-order valence-corrected chi connectivity index (χ3v) is 3.09. The highest BCUT2D eigenvalue weighted by atomic mass is 19.1. The smallest absolute Gasteiger partial charge is 0.129 e. The van der Waals surface area contributed by atoms with Gasteiger partial charge in [0, 0.05) is 5.56 Å². The summed E-state index contributed by atoms with van der Waals surface area (Å²) >= 11 is 0. The predicted molar refractivity (Wildman–Crippen MR) is 62.3 cm³/mol. The van der Waals surface area contributed by atoms with E-state index in [4.69, 9.17) is 0 Å². The zero-order valence-electron chi connectivity index (χ0n) is 10.1. The lowest BCUT2D eigenvalue weighted by molar-refractivity contribution is 0.365. The monoisotopic (exact) mass is 227 g/mol. The summed E-state index contributed by atoms with van der Waals surface area (Å²) < 4.78 is 26.8. The molecule has 1 aromatic rings. The number of hydrogen-bond donors (Lipinski definition) is 1. The Kier molecular flexibility index (Phi) is 4.87.